The molecule has 0 fully saturated rings. The first-order valence-electron chi connectivity index (χ1n) is 11.9. The number of hydrogen-bond acceptors (Lipinski definition) is 6. The van der Waals surface area contributed by atoms with E-state index in [1.165, 1.54) is 0 Å². The van der Waals surface area contributed by atoms with Gasteiger partial charge in [0.15, 0.2) is 0 Å². The van der Waals surface area contributed by atoms with Gasteiger partial charge in [-0.05, 0) is 75.8 Å². The van der Waals surface area contributed by atoms with Gasteiger partial charge in [-0.25, -0.2) is 4.98 Å². The van der Waals surface area contributed by atoms with Crippen molar-refractivity contribution in [2.75, 3.05) is 37.4 Å². The number of aromatic nitrogens is 3. The number of ether oxygens (including phenoxy) is 1. The highest BCUT2D eigenvalue weighted by Gasteiger charge is 2.13. The molecule has 0 saturated heterocycles. The second-order valence-corrected chi connectivity index (χ2v) is 8.95. The van der Waals surface area contributed by atoms with Gasteiger partial charge < -0.3 is 25.3 Å². The fourth-order valence-electron chi connectivity index (χ4n) is 4.19. The number of hydrogen-bond donors (Lipinski definition) is 3. The van der Waals surface area contributed by atoms with Gasteiger partial charge in [-0.1, -0.05) is 25.4 Å². The van der Waals surface area contributed by atoms with Gasteiger partial charge in [0.2, 0.25) is 5.95 Å². The third kappa shape index (κ3) is 5.54. The summed E-state index contributed by atoms with van der Waals surface area (Å²) in [6.07, 6.45) is 4.10. The molecule has 1 unspecified atom stereocenters. The summed E-state index contributed by atoms with van der Waals surface area (Å²) in [5.74, 6) is 2.11. The number of rotatable bonds is 11. The van der Waals surface area contributed by atoms with Crippen molar-refractivity contribution in [2.45, 2.75) is 39.7 Å². The van der Waals surface area contributed by atoms with Crippen molar-refractivity contribution in [1.29, 1.82) is 0 Å². The molecule has 2 aromatic heterocycles. The molecule has 34 heavy (non-hydrogen) atoms. The topological polar surface area (TPSA) is 78.1 Å². The van der Waals surface area contributed by atoms with Crippen molar-refractivity contribution in [1.82, 2.24) is 19.9 Å². The zero-order chi connectivity index (χ0) is 24.1. The molecular formula is C26H33ClN6O. The second-order valence-electron chi connectivity index (χ2n) is 8.51. The normalized spacial score (nSPS) is 12.4. The van der Waals surface area contributed by atoms with Gasteiger partial charge in [0, 0.05) is 33.6 Å². The van der Waals surface area contributed by atoms with Crippen LogP contribution in [0.3, 0.4) is 0 Å². The Bertz CT molecular complexity index is 1250. The Morgan fingerprint density at radius 2 is 1.91 bits per heavy atom. The summed E-state index contributed by atoms with van der Waals surface area (Å²) in [7, 11) is 1.66. The average molecular weight is 481 g/mol. The minimum Gasteiger partial charge on any atom is -0.497 e. The fraction of sp³-hybridized carbons (Fsp3) is 0.385. The highest BCUT2D eigenvalue weighted by atomic mass is 35.5. The zero-order valence-corrected chi connectivity index (χ0v) is 21.0. The van der Waals surface area contributed by atoms with Gasteiger partial charge in [0.05, 0.1) is 18.3 Å². The van der Waals surface area contributed by atoms with Crippen LogP contribution in [0.15, 0.2) is 42.6 Å². The van der Waals surface area contributed by atoms with E-state index in [2.05, 4.69) is 41.3 Å². The van der Waals surface area contributed by atoms with Crippen molar-refractivity contribution >= 4 is 50.9 Å². The third-order valence-corrected chi connectivity index (χ3v) is 6.42. The molecule has 8 heteroatoms. The lowest BCUT2D eigenvalue weighted by molar-refractivity contribution is 0.295. The van der Waals surface area contributed by atoms with Gasteiger partial charge in [-0.15, -0.1) is 0 Å². The van der Waals surface area contributed by atoms with Crippen LogP contribution in [0.2, 0.25) is 5.02 Å². The lowest BCUT2D eigenvalue weighted by Crippen LogP contribution is -2.25. The maximum absolute atomic E-state index is 6.28. The summed E-state index contributed by atoms with van der Waals surface area (Å²) in [4.78, 5) is 15.3. The van der Waals surface area contributed by atoms with Crippen LogP contribution in [-0.2, 0) is 0 Å². The number of nitrogens with zero attached hydrogens (tertiary/aromatic N) is 3. The minimum absolute atomic E-state index is 0.273. The Morgan fingerprint density at radius 3 is 2.68 bits per heavy atom. The van der Waals surface area contributed by atoms with Crippen LogP contribution in [0.1, 0.15) is 33.6 Å². The molecule has 0 spiro atoms. The molecule has 0 aliphatic carbocycles. The van der Waals surface area contributed by atoms with E-state index < -0.39 is 0 Å². The number of halogens is 1. The number of fused-ring (bicyclic) bond motifs is 2. The summed E-state index contributed by atoms with van der Waals surface area (Å²) < 4.78 is 5.39. The van der Waals surface area contributed by atoms with Crippen molar-refractivity contribution in [3.8, 4) is 5.75 Å². The van der Waals surface area contributed by atoms with Gasteiger partial charge in [0.1, 0.15) is 11.6 Å². The van der Waals surface area contributed by atoms with Gasteiger partial charge in [-0.2, -0.15) is 4.98 Å². The third-order valence-electron chi connectivity index (χ3n) is 6.18. The van der Waals surface area contributed by atoms with E-state index >= 15 is 0 Å². The number of nitrogens with one attached hydrogen (secondary N) is 3. The first-order valence-corrected chi connectivity index (χ1v) is 12.3. The summed E-state index contributed by atoms with van der Waals surface area (Å²) in [5, 5.41) is 9.59. The van der Waals surface area contributed by atoms with Crippen LogP contribution in [0.5, 0.6) is 5.75 Å². The molecule has 4 rings (SSSR count). The second kappa shape index (κ2) is 10.9. The van der Waals surface area contributed by atoms with Crippen molar-refractivity contribution in [3.05, 3.63) is 47.6 Å². The maximum atomic E-state index is 6.28. The standard InChI is InChI=1S/C26H33ClN6O/c1-5-33(6-2)13-7-8-17(3)29-25-20-11-9-18(27)14-23(20)30-26(32-25)31-24-16-28-22-12-10-19(34-4)15-21(22)24/h9-12,14-17,28H,5-8,13H2,1-4H3,(H2,29,30,31,32). The van der Waals surface area contributed by atoms with Gasteiger partial charge in [0.25, 0.3) is 0 Å². The Hall–Kier alpha value is -3.03. The number of methoxy groups -OCH3 is 1. The number of benzene rings is 2. The summed E-state index contributed by atoms with van der Waals surface area (Å²) in [6, 6.07) is 11.9. The maximum Gasteiger partial charge on any atom is 0.229 e. The van der Waals surface area contributed by atoms with Crippen molar-refractivity contribution < 1.29 is 4.74 Å². The van der Waals surface area contributed by atoms with Gasteiger partial charge >= 0.3 is 0 Å². The summed E-state index contributed by atoms with van der Waals surface area (Å²) in [5.41, 5.74) is 2.68. The molecule has 7 nitrogen and oxygen atoms in total. The van der Waals surface area contributed by atoms with Crippen LogP contribution < -0.4 is 15.4 Å². The predicted molar refractivity (Wildman–Crippen MR) is 143 cm³/mol. The lowest BCUT2D eigenvalue weighted by atomic mass is 10.1. The molecule has 2 aromatic carbocycles. The van der Waals surface area contributed by atoms with E-state index in [1.54, 1.807) is 7.11 Å². The van der Waals surface area contributed by atoms with Crippen LogP contribution >= 0.6 is 11.6 Å². The zero-order valence-electron chi connectivity index (χ0n) is 20.3. The fourth-order valence-corrected chi connectivity index (χ4v) is 4.35. The molecule has 3 N–H and O–H groups in total. The molecule has 0 aliphatic rings. The van der Waals surface area contributed by atoms with Crippen molar-refractivity contribution in [3.63, 3.8) is 0 Å². The molecule has 0 amide bonds. The largest absolute Gasteiger partial charge is 0.497 e. The molecular weight excluding hydrogens is 448 g/mol. The molecule has 2 heterocycles. The first kappa shape index (κ1) is 24.1. The molecule has 0 aliphatic heterocycles. The Morgan fingerprint density at radius 1 is 1.09 bits per heavy atom. The van der Waals surface area contributed by atoms with Crippen LogP contribution in [0.25, 0.3) is 21.8 Å². The van der Waals surface area contributed by atoms with Crippen molar-refractivity contribution in [2.24, 2.45) is 0 Å². The lowest BCUT2D eigenvalue weighted by Gasteiger charge is -2.20. The SMILES string of the molecule is CCN(CC)CCCC(C)Nc1nc(Nc2c[nH]c3ccc(OC)cc23)nc2cc(Cl)ccc12. The highest BCUT2D eigenvalue weighted by Crippen LogP contribution is 2.31. The first-order chi connectivity index (χ1) is 16.5. The monoisotopic (exact) mass is 480 g/mol. The number of H-pyrrole nitrogens is 1. The smallest absolute Gasteiger partial charge is 0.229 e. The summed E-state index contributed by atoms with van der Waals surface area (Å²) in [6.45, 7) is 9.90. The Kier molecular flexibility index (Phi) is 7.75. The predicted octanol–water partition coefficient (Wildman–Crippen LogP) is 6.44. The van der Waals surface area contributed by atoms with E-state index in [-0.39, 0.29) is 6.04 Å². The number of aromatic amines is 1. The molecule has 180 valence electrons. The quantitative estimate of drug-likeness (QED) is 0.229. The molecule has 0 saturated carbocycles. The van der Waals surface area contributed by atoms with E-state index in [4.69, 9.17) is 26.3 Å². The van der Waals surface area contributed by atoms with E-state index in [9.17, 15) is 0 Å². The average Bonchev–Trinajstić information content (AvgIpc) is 3.23. The van der Waals surface area contributed by atoms with Crippen LogP contribution in [-0.4, -0.2) is 52.6 Å². The summed E-state index contributed by atoms with van der Waals surface area (Å²) >= 11 is 6.28. The van der Waals surface area contributed by atoms with Crippen LogP contribution in [0.4, 0.5) is 17.5 Å². The molecule has 0 radical (unpaired) electrons. The molecule has 0 bridgehead atoms. The van der Waals surface area contributed by atoms with Gasteiger partial charge in [-0.3, -0.25) is 0 Å². The Balaban J connectivity index is 1.59. The molecule has 4 aromatic rings. The molecule has 1 atom stereocenters. The number of anilines is 3. The minimum atomic E-state index is 0.273. The van der Waals surface area contributed by atoms with E-state index in [0.29, 0.717) is 11.0 Å². The van der Waals surface area contributed by atoms with Crippen LogP contribution in [0, 0.1) is 0 Å². The van der Waals surface area contributed by atoms with E-state index in [1.807, 2.05) is 42.6 Å². The Labute approximate surface area is 205 Å². The van der Waals surface area contributed by atoms with E-state index in [0.717, 1.165) is 71.5 Å². The highest BCUT2D eigenvalue weighted by molar-refractivity contribution is 6.31.